The SMILES string of the molecule is CN1CCC[C@H]1COc1ccc(C(=O)OC(C)(C)C)c(N)c1. The molecule has 1 aliphatic rings. The van der Waals surface area contributed by atoms with Crippen molar-refractivity contribution in [3.63, 3.8) is 0 Å². The molecule has 1 aromatic rings. The average Bonchev–Trinajstić information content (AvgIpc) is 2.80. The number of esters is 1. The fraction of sp³-hybridized carbons (Fsp3) is 0.588. The molecule has 1 fully saturated rings. The van der Waals surface area contributed by atoms with Gasteiger partial charge >= 0.3 is 5.97 Å². The molecule has 1 aromatic carbocycles. The fourth-order valence-electron chi connectivity index (χ4n) is 2.53. The molecular formula is C17H26N2O3. The van der Waals surface area contributed by atoms with Crippen molar-refractivity contribution in [2.75, 3.05) is 25.9 Å². The topological polar surface area (TPSA) is 64.8 Å². The predicted octanol–water partition coefficient (Wildman–Crippen LogP) is 2.70. The molecule has 0 radical (unpaired) electrons. The van der Waals surface area contributed by atoms with Crippen LogP contribution in [0.5, 0.6) is 5.75 Å². The lowest BCUT2D eigenvalue weighted by atomic mass is 10.1. The summed E-state index contributed by atoms with van der Waals surface area (Å²) < 4.78 is 11.1. The van der Waals surface area contributed by atoms with Crippen molar-refractivity contribution >= 4 is 11.7 Å². The summed E-state index contributed by atoms with van der Waals surface area (Å²) in [6, 6.07) is 5.57. The standard InChI is InChI=1S/C17H26N2O3/c1-17(2,3)22-16(20)14-8-7-13(10-15(14)18)21-11-12-6-5-9-19(12)4/h7-8,10,12H,5-6,9,11,18H2,1-4H3/t12-/m0/s1. The van der Waals surface area contributed by atoms with Gasteiger partial charge in [-0.05, 0) is 59.3 Å². The van der Waals surface area contributed by atoms with Gasteiger partial charge in [-0.1, -0.05) is 0 Å². The molecule has 0 aliphatic carbocycles. The fourth-order valence-corrected chi connectivity index (χ4v) is 2.53. The number of carbonyl (C=O) groups excluding carboxylic acids is 1. The second-order valence-corrected chi connectivity index (χ2v) is 6.84. The molecule has 0 spiro atoms. The van der Waals surface area contributed by atoms with Crippen LogP contribution >= 0.6 is 0 Å². The Hall–Kier alpha value is -1.75. The predicted molar refractivity (Wildman–Crippen MR) is 87.2 cm³/mol. The van der Waals surface area contributed by atoms with E-state index in [0.717, 1.165) is 13.0 Å². The highest BCUT2D eigenvalue weighted by molar-refractivity contribution is 5.95. The summed E-state index contributed by atoms with van der Waals surface area (Å²) in [6.45, 7) is 7.25. The Labute approximate surface area is 132 Å². The molecule has 1 aliphatic heterocycles. The first kappa shape index (κ1) is 16.6. The molecule has 0 saturated carbocycles. The lowest BCUT2D eigenvalue weighted by Crippen LogP contribution is -2.30. The Morgan fingerprint density at radius 2 is 2.14 bits per heavy atom. The molecule has 0 unspecified atom stereocenters. The van der Waals surface area contributed by atoms with Crippen LogP contribution in [-0.4, -0.2) is 42.7 Å². The van der Waals surface area contributed by atoms with E-state index in [-0.39, 0.29) is 0 Å². The van der Waals surface area contributed by atoms with Gasteiger partial charge in [0, 0.05) is 17.8 Å². The van der Waals surface area contributed by atoms with Gasteiger partial charge in [0.25, 0.3) is 0 Å². The largest absolute Gasteiger partial charge is 0.492 e. The van der Waals surface area contributed by atoms with Crippen LogP contribution in [0.2, 0.25) is 0 Å². The Bertz CT molecular complexity index is 537. The van der Waals surface area contributed by atoms with E-state index in [9.17, 15) is 4.79 Å². The van der Waals surface area contributed by atoms with Crippen LogP contribution < -0.4 is 10.5 Å². The first-order valence-corrected chi connectivity index (χ1v) is 7.72. The zero-order chi connectivity index (χ0) is 16.3. The van der Waals surface area contributed by atoms with Gasteiger partial charge in [0.2, 0.25) is 0 Å². The monoisotopic (exact) mass is 306 g/mol. The quantitative estimate of drug-likeness (QED) is 0.684. The van der Waals surface area contributed by atoms with Crippen molar-refractivity contribution in [2.24, 2.45) is 0 Å². The van der Waals surface area contributed by atoms with Crippen LogP contribution in [0, 0.1) is 0 Å². The highest BCUT2D eigenvalue weighted by atomic mass is 16.6. The van der Waals surface area contributed by atoms with Gasteiger partial charge in [0.1, 0.15) is 18.0 Å². The number of benzene rings is 1. The van der Waals surface area contributed by atoms with E-state index >= 15 is 0 Å². The van der Waals surface area contributed by atoms with E-state index in [2.05, 4.69) is 11.9 Å². The van der Waals surface area contributed by atoms with Crippen molar-refractivity contribution in [3.8, 4) is 5.75 Å². The lowest BCUT2D eigenvalue weighted by molar-refractivity contribution is 0.00708. The van der Waals surface area contributed by atoms with Gasteiger partial charge in [0.15, 0.2) is 0 Å². The van der Waals surface area contributed by atoms with Gasteiger partial charge in [-0.25, -0.2) is 4.79 Å². The highest BCUT2D eigenvalue weighted by Crippen LogP contribution is 2.24. The summed E-state index contributed by atoms with van der Waals surface area (Å²) >= 11 is 0. The van der Waals surface area contributed by atoms with E-state index in [1.54, 1.807) is 18.2 Å². The van der Waals surface area contributed by atoms with Crippen LogP contribution in [0.3, 0.4) is 0 Å². The Morgan fingerprint density at radius 1 is 1.41 bits per heavy atom. The minimum atomic E-state index is -0.536. The van der Waals surface area contributed by atoms with Gasteiger partial charge in [-0.3, -0.25) is 0 Å². The van der Waals surface area contributed by atoms with Crippen LogP contribution in [0.15, 0.2) is 18.2 Å². The Balaban J connectivity index is 1.98. The number of nitrogens with zero attached hydrogens (tertiary/aromatic N) is 1. The summed E-state index contributed by atoms with van der Waals surface area (Å²) in [7, 11) is 2.11. The maximum absolute atomic E-state index is 12.1. The van der Waals surface area contributed by atoms with Crippen LogP contribution in [-0.2, 0) is 4.74 Å². The van der Waals surface area contributed by atoms with Crippen molar-refractivity contribution in [3.05, 3.63) is 23.8 Å². The van der Waals surface area contributed by atoms with Crippen molar-refractivity contribution < 1.29 is 14.3 Å². The number of hydrogen-bond donors (Lipinski definition) is 1. The molecular weight excluding hydrogens is 280 g/mol. The molecule has 1 atom stereocenters. The first-order chi connectivity index (χ1) is 10.3. The molecule has 122 valence electrons. The summed E-state index contributed by atoms with van der Waals surface area (Å²) in [5.41, 5.74) is 6.18. The summed E-state index contributed by atoms with van der Waals surface area (Å²) in [6.07, 6.45) is 2.37. The van der Waals surface area contributed by atoms with E-state index in [1.165, 1.54) is 6.42 Å². The van der Waals surface area contributed by atoms with Crippen molar-refractivity contribution in [2.45, 2.75) is 45.3 Å². The molecule has 5 heteroatoms. The third kappa shape index (κ3) is 4.37. The van der Waals surface area contributed by atoms with E-state index in [0.29, 0.717) is 29.6 Å². The van der Waals surface area contributed by atoms with Crippen molar-refractivity contribution in [1.29, 1.82) is 0 Å². The molecule has 0 bridgehead atoms. The van der Waals surface area contributed by atoms with E-state index in [1.807, 2.05) is 20.8 Å². The van der Waals surface area contributed by atoms with Crippen LogP contribution in [0.4, 0.5) is 5.69 Å². The zero-order valence-electron chi connectivity index (χ0n) is 13.9. The van der Waals surface area contributed by atoms with Crippen LogP contribution in [0.1, 0.15) is 44.0 Å². The highest BCUT2D eigenvalue weighted by Gasteiger charge is 2.22. The van der Waals surface area contributed by atoms with E-state index < -0.39 is 11.6 Å². The second kappa shape index (κ2) is 6.57. The Kier molecular flexibility index (Phi) is 4.96. The van der Waals surface area contributed by atoms with Gasteiger partial charge < -0.3 is 20.1 Å². The molecule has 0 amide bonds. The summed E-state index contributed by atoms with van der Waals surface area (Å²) in [5.74, 6) is 0.275. The maximum Gasteiger partial charge on any atom is 0.340 e. The minimum absolute atomic E-state index is 0.375. The van der Waals surface area contributed by atoms with Gasteiger partial charge in [-0.15, -0.1) is 0 Å². The number of ether oxygens (including phenoxy) is 2. The molecule has 2 N–H and O–H groups in total. The van der Waals surface area contributed by atoms with Crippen molar-refractivity contribution in [1.82, 2.24) is 4.90 Å². The number of likely N-dealkylation sites (tertiary alicyclic amines) is 1. The van der Waals surface area contributed by atoms with E-state index in [4.69, 9.17) is 15.2 Å². The second-order valence-electron chi connectivity index (χ2n) is 6.84. The number of nitrogens with two attached hydrogens (primary N) is 1. The maximum atomic E-state index is 12.1. The summed E-state index contributed by atoms with van der Waals surface area (Å²) in [5, 5.41) is 0. The minimum Gasteiger partial charge on any atom is -0.492 e. The number of nitrogen functional groups attached to an aromatic ring is 1. The summed E-state index contributed by atoms with van der Waals surface area (Å²) in [4.78, 5) is 14.4. The third-order valence-electron chi connectivity index (χ3n) is 3.76. The number of rotatable bonds is 4. The van der Waals surface area contributed by atoms with Gasteiger partial charge in [-0.2, -0.15) is 0 Å². The number of anilines is 1. The molecule has 5 nitrogen and oxygen atoms in total. The first-order valence-electron chi connectivity index (χ1n) is 7.72. The lowest BCUT2D eigenvalue weighted by Gasteiger charge is -2.21. The smallest absolute Gasteiger partial charge is 0.340 e. The average molecular weight is 306 g/mol. The van der Waals surface area contributed by atoms with Gasteiger partial charge in [0.05, 0.1) is 5.56 Å². The molecule has 2 rings (SSSR count). The number of carbonyl (C=O) groups is 1. The third-order valence-corrected chi connectivity index (χ3v) is 3.76. The van der Waals surface area contributed by atoms with Crippen LogP contribution in [0.25, 0.3) is 0 Å². The molecule has 0 aromatic heterocycles. The Morgan fingerprint density at radius 3 is 2.68 bits per heavy atom. The molecule has 22 heavy (non-hydrogen) atoms. The molecule has 1 saturated heterocycles. The molecule has 1 heterocycles. The number of likely N-dealkylation sites (N-methyl/N-ethyl adjacent to an activating group) is 1. The number of hydrogen-bond acceptors (Lipinski definition) is 5. The zero-order valence-corrected chi connectivity index (χ0v) is 13.9. The normalized spacial score (nSPS) is 19.2.